The maximum atomic E-state index is 11.1. The second-order valence-electron chi connectivity index (χ2n) is 2.17. The number of hydrogen-bond donors (Lipinski definition) is 0. The molecule has 4 nitrogen and oxygen atoms in total. The lowest BCUT2D eigenvalue weighted by atomic mass is 10.4. The number of hydrogen-bond acceptors (Lipinski definition) is 4. The van der Waals surface area contributed by atoms with Crippen molar-refractivity contribution in [3.63, 3.8) is 0 Å². The molecule has 0 unspecified atom stereocenters. The molecule has 0 saturated heterocycles. The number of nitrogens with zero attached hydrogens (tertiary/aromatic N) is 2. The Morgan fingerprint density at radius 1 is 0.833 bits per heavy atom. The van der Waals surface area contributed by atoms with Gasteiger partial charge in [-0.15, -0.1) is 0 Å². The smallest absolute Gasteiger partial charge is 0.267 e. The van der Waals surface area contributed by atoms with Gasteiger partial charge in [0, 0.05) is 0 Å². The summed E-state index contributed by atoms with van der Waals surface area (Å²) in [6.45, 7) is 0. The first-order chi connectivity index (χ1) is 5.61. The molecule has 0 aromatic rings. The molecule has 2 rings (SSSR count). The highest BCUT2D eigenvalue weighted by Crippen LogP contribution is 2.11. The summed E-state index contributed by atoms with van der Waals surface area (Å²) in [5, 5.41) is 0.513. The molecule has 2 aliphatic rings. The van der Waals surface area contributed by atoms with Gasteiger partial charge in [0.15, 0.2) is 0 Å². The Morgan fingerprint density at radius 3 is 1.50 bits per heavy atom. The molecule has 0 N–H and O–H groups in total. The van der Waals surface area contributed by atoms with Crippen molar-refractivity contribution in [1.29, 1.82) is 0 Å². The lowest BCUT2D eigenvalue weighted by molar-refractivity contribution is 1.18. The SMILES string of the molecule is O=c1nc(Br)c2c(=O)nc(Br)c1=2. The minimum Gasteiger partial charge on any atom is -0.267 e. The quantitative estimate of drug-likeness (QED) is 0.701. The average molecular weight is 292 g/mol. The molecular weight excluding hydrogens is 292 g/mol. The Hall–Kier alpha value is -0.620. The van der Waals surface area contributed by atoms with E-state index >= 15 is 0 Å². The summed E-state index contributed by atoms with van der Waals surface area (Å²) in [6.07, 6.45) is 0. The Balaban J connectivity index is 3.34. The molecule has 0 radical (unpaired) electrons. The van der Waals surface area contributed by atoms with E-state index in [-0.39, 0.29) is 19.6 Å². The topological polar surface area (TPSA) is 59.9 Å². The summed E-state index contributed by atoms with van der Waals surface area (Å²) in [5.41, 5.74) is -0.864. The van der Waals surface area contributed by atoms with Crippen LogP contribution in [-0.2, 0) is 0 Å². The molecule has 0 aliphatic carbocycles. The zero-order valence-corrected chi connectivity index (χ0v) is 8.64. The van der Waals surface area contributed by atoms with E-state index < -0.39 is 11.1 Å². The van der Waals surface area contributed by atoms with Gasteiger partial charge in [-0.1, -0.05) is 0 Å². The summed E-state index contributed by atoms with van der Waals surface area (Å²) in [4.78, 5) is 29.3. The molecule has 0 aromatic heterocycles. The van der Waals surface area contributed by atoms with Crippen LogP contribution in [0.2, 0.25) is 0 Å². The van der Waals surface area contributed by atoms with Crippen LogP contribution in [0.4, 0.5) is 0 Å². The zero-order chi connectivity index (χ0) is 8.88. The largest absolute Gasteiger partial charge is 0.281 e. The van der Waals surface area contributed by atoms with Gasteiger partial charge in [0.2, 0.25) is 0 Å². The molecule has 0 saturated carbocycles. The second-order valence-corrected chi connectivity index (χ2v) is 3.67. The van der Waals surface area contributed by atoms with E-state index in [0.29, 0.717) is 0 Å². The summed E-state index contributed by atoms with van der Waals surface area (Å²) < 4.78 is 0.538. The first-order valence-corrected chi connectivity index (χ1v) is 4.52. The van der Waals surface area contributed by atoms with Crippen molar-refractivity contribution in [2.24, 2.45) is 0 Å². The normalized spacial score (nSPS) is 11.2. The molecule has 0 amide bonds. The molecule has 0 fully saturated rings. The van der Waals surface area contributed by atoms with E-state index in [9.17, 15) is 9.59 Å². The fraction of sp³-hybridized carbons (Fsp3) is 0. The predicted octanol–water partition coefficient (Wildman–Crippen LogP) is 0.322. The zero-order valence-electron chi connectivity index (χ0n) is 5.47. The van der Waals surface area contributed by atoms with Crippen molar-refractivity contribution in [3.8, 4) is 0 Å². The summed E-state index contributed by atoms with van der Waals surface area (Å²) in [5.74, 6) is 0. The molecule has 2 heterocycles. The van der Waals surface area contributed by atoms with Crippen LogP contribution < -0.4 is 11.1 Å². The maximum Gasteiger partial charge on any atom is 0.281 e. The summed E-state index contributed by atoms with van der Waals surface area (Å²) in [6, 6.07) is 0. The minimum absolute atomic E-state index is 0.256. The third-order valence-electron chi connectivity index (χ3n) is 1.49. The molecule has 0 aromatic carbocycles. The molecule has 0 bridgehead atoms. The van der Waals surface area contributed by atoms with E-state index in [1.54, 1.807) is 0 Å². The number of aromatic nitrogens is 2. The highest BCUT2D eigenvalue weighted by Gasteiger charge is 2.13. The Kier molecular flexibility index (Phi) is 1.62. The third-order valence-corrected chi connectivity index (χ3v) is 2.64. The molecule has 6 heteroatoms. The number of rotatable bonds is 0. The van der Waals surface area contributed by atoms with Gasteiger partial charge < -0.3 is 0 Å². The van der Waals surface area contributed by atoms with Crippen LogP contribution >= 0.6 is 31.9 Å². The summed E-state index contributed by atoms with van der Waals surface area (Å²) >= 11 is 6.02. The lowest BCUT2D eigenvalue weighted by Crippen LogP contribution is -2.01. The first-order valence-electron chi connectivity index (χ1n) is 2.93. The lowest BCUT2D eigenvalue weighted by Gasteiger charge is -1.71. The summed E-state index contributed by atoms with van der Waals surface area (Å²) in [7, 11) is 0. The van der Waals surface area contributed by atoms with Gasteiger partial charge in [0.05, 0.1) is 10.4 Å². The number of halogens is 2. The van der Waals surface area contributed by atoms with Crippen LogP contribution in [0.5, 0.6) is 0 Å². The van der Waals surface area contributed by atoms with Crippen LogP contribution in [-0.4, -0.2) is 9.97 Å². The van der Waals surface area contributed by atoms with Gasteiger partial charge in [-0.3, -0.25) is 9.59 Å². The van der Waals surface area contributed by atoms with E-state index in [1.807, 2.05) is 0 Å². The first kappa shape index (κ1) is 8.00. The molecule has 0 atom stereocenters. The maximum absolute atomic E-state index is 11.1. The average Bonchev–Trinajstić information content (AvgIpc) is 2.38. The van der Waals surface area contributed by atoms with E-state index in [4.69, 9.17) is 0 Å². The van der Waals surface area contributed by atoms with Gasteiger partial charge >= 0.3 is 0 Å². The Labute approximate surface area is 82.3 Å². The predicted molar refractivity (Wildman–Crippen MR) is 47.6 cm³/mol. The van der Waals surface area contributed by atoms with Gasteiger partial charge in [0.1, 0.15) is 9.21 Å². The van der Waals surface area contributed by atoms with Gasteiger partial charge in [-0.05, 0) is 31.9 Å². The van der Waals surface area contributed by atoms with Crippen molar-refractivity contribution in [3.05, 3.63) is 40.4 Å². The van der Waals surface area contributed by atoms with Crippen LogP contribution in [0.15, 0.2) is 18.8 Å². The molecule has 60 valence electrons. The fourth-order valence-electron chi connectivity index (χ4n) is 0.999. The van der Waals surface area contributed by atoms with E-state index in [1.165, 1.54) is 0 Å². The van der Waals surface area contributed by atoms with Gasteiger partial charge in [-0.2, -0.15) is 0 Å². The molecular formula is C6Br2N2O2. The van der Waals surface area contributed by atoms with Gasteiger partial charge in [-0.25, -0.2) is 9.97 Å². The highest BCUT2D eigenvalue weighted by atomic mass is 79.9. The van der Waals surface area contributed by atoms with E-state index in [2.05, 4.69) is 41.8 Å². The van der Waals surface area contributed by atoms with Crippen molar-refractivity contribution >= 4 is 31.9 Å². The Morgan fingerprint density at radius 2 is 1.17 bits per heavy atom. The van der Waals surface area contributed by atoms with E-state index in [0.717, 1.165) is 0 Å². The van der Waals surface area contributed by atoms with Crippen LogP contribution in [0.3, 0.4) is 0 Å². The Bertz CT molecular complexity index is 532. The second kappa shape index (κ2) is 2.43. The molecule has 0 spiro atoms. The van der Waals surface area contributed by atoms with Gasteiger partial charge in [0.25, 0.3) is 11.1 Å². The fourth-order valence-corrected chi connectivity index (χ4v) is 2.06. The van der Waals surface area contributed by atoms with Crippen LogP contribution in [0, 0.1) is 10.4 Å². The third kappa shape index (κ3) is 0.879. The van der Waals surface area contributed by atoms with Crippen molar-refractivity contribution in [1.82, 2.24) is 9.97 Å². The standard InChI is InChI=1S/C6Br2N2O2/c7-3-1-2(6(12)9-3)4(8)10-5(1)11. The van der Waals surface area contributed by atoms with Crippen LogP contribution in [0.1, 0.15) is 0 Å². The van der Waals surface area contributed by atoms with Crippen LogP contribution in [0.25, 0.3) is 0 Å². The van der Waals surface area contributed by atoms with Crippen molar-refractivity contribution in [2.75, 3.05) is 0 Å². The monoisotopic (exact) mass is 290 g/mol. The highest BCUT2D eigenvalue weighted by molar-refractivity contribution is 9.10. The van der Waals surface area contributed by atoms with Crippen molar-refractivity contribution in [2.45, 2.75) is 0 Å². The minimum atomic E-state index is -0.432. The molecule has 2 aliphatic heterocycles. The molecule has 12 heavy (non-hydrogen) atoms. The van der Waals surface area contributed by atoms with Crippen molar-refractivity contribution < 1.29 is 0 Å².